The zero-order valence-electron chi connectivity index (χ0n) is 11.7. The second-order valence-electron chi connectivity index (χ2n) is 5.13. The lowest BCUT2D eigenvalue weighted by Crippen LogP contribution is -2.34. The Hall–Kier alpha value is -1.00. The number of hydrogen-bond acceptors (Lipinski definition) is 7. The highest BCUT2D eigenvalue weighted by Crippen LogP contribution is 2.34. The third-order valence-corrected chi connectivity index (χ3v) is 6.38. The number of nitrogens with one attached hydrogen (secondary N) is 1. The first-order valence-electron chi connectivity index (χ1n) is 6.65. The van der Waals surface area contributed by atoms with Crippen molar-refractivity contribution in [3.05, 3.63) is 29.2 Å². The van der Waals surface area contributed by atoms with Crippen LogP contribution in [0.15, 0.2) is 26.2 Å². The Morgan fingerprint density at radius 1 is 1.41 bits per heavy atom. The maximum atomic E-state index is 12.0. The first-order chi connectivity index (χ1) is 10.00. The van der Waals surface area contributed by atoms with E-state index in [0.29, 0.717) is 5.82 Å². The average molecular weight is 365 g/mol. The molecule has 0 radical (unpaired) electrons. The molecule has 0 spiro atoms. The van der Waals surface area contributed by atoms with Crippen LogP contribution in [0.5, 0.6) is 0 Å². The molecular formula is C12H17ClN4O3S2. The van der Waals surface area contributed by atoms with Crippen LogP contribution in [0.25, 0.3) is 0 Å². The Kier molecular flexibility index (Phi) is 5.23. The highest BCUT2D eigenvalue weighted by Gasteiger charge is 2.36. The standard InChI is InChI=1S/C12H16N4O3S2.ClH/c13-12(5-1-2-6-12)11-15-9(19-16-11)8-14-21(17,18)10-4-3-7-20-10;/h3-4,7,14H,1-2,5-6,8,13H2;1H. The monoisotopic (exact) mass is 364 g/mol. The second kappa shape index (κ2) is 6.63. The molecule has 0 aliphatic heterocycles. The molecule has 10 heteroatoms. The summed E-state index contributed by atoms with van der Waals surface area (Å²) in [5.74, 6) is 0.687. The quantitative estimate of drug-likeness (QED) is 0.836. The Morgan fingerprint density at radius 2 is 2.14 bits per heavy atom. The van der Waals surface area contributed by atoms with Gasteiger partial charge in [-0.25, -0.2) is 13.1 Å². The van der Waals surface area contributed by atoms with Crippen molar-refractivity contribution in [2.75, 3.05) is 0 Å². The summed E-state index contributed by atoms with van der Waals surface area (Å²) in [5.41, 5.74) is 5.70. The van der Waals surface area contributed by atoms with Crippen LogP contribution in [0.2, 0.25) is 0 Å². The molecule has 1 saturated carbocycles. The molecule has 3 rings (SSSR count). The number of nitrogens with two attached hydrogens (primary N) is 1. The van der Waals surface area contributed by atoms with Crippen LogP contribution in [-0.4, -0.2) is 18.6 Å². The number of hydrogen-bond donors (Lipinski definition) is 2. The van der Waals surface area contributed by atoms with Crippen molar-refractivity contribution in [1.29, 1.82) is 0 Å². The Morgan fingerprint density at radius 3 is 2.77 bits per heavy atom. The van der Waals surface area contributed by atoms with E-state index in [2.05, 4.69) is 14.9 Å². The molecule has 1 fully saturated rings. The third kappa shape index (κ3) is 3.49. The van der Waals surface area contributed by atoms with Crippen molar-refractivity contribution in [3.63, 3.8) is 0 Å². The summed E-state index contributed by atoms with van der Waals surface area (Å²) in [6.07, 6.45) is 3.75. The molecule has 0 unspecified atom stereocenters. The van der Waals surface area contributed by atoms with Crippen LogP contribution in [0.1, 0.15) is 37.4 Å². The molecule has 7 nitrogen and oxygen atoms in total. The average Bonchev–Trinajstić information content (AvgIpc) is 3.18. The molecule has 2 aromatic rings. The summed E-state index contributed by atoms with van der Waals surface area (Å²) in [5, 5.41) is 5.60. The molecule has 0 saturated heterocycles. The van der Waals surface area contributed by atoms with E-state index in [0.717, 1.165) is 37.0 Å². The van der Waals surface area contributed by atoms with E-state index in [1.54, 1.807) is 17.5 Å². The Labute approximate surface area is 138 Å². The van der Waals surface area contributed by atoms with E-state index in [-0.39, 0.29) is 29.1 Å². The van der Waals surface area contributed by atoms with Crippen molar-refractivity contribution in [2.24, 2.45) is 5.73 Å². The van der Waals surface area contributed by atoms with Gasteiger partial charge in [-0.1, -0.05) is 24.1 Å². The number of halogens is 1. The molecule has 2 heterocycles. The minimum atomic E-state index is -3.53. The largest absolute Gasteiger partial charge is 0.338 e. The molecule has 0 atom stereocenters. The van der Waals surface area contributed by atoms with Crippen LogP contribution < -0.4 is 10.5 Å². The van der Waals surface area contributed by atoms with Gasteiger partial charge in [0.1, 0.15) is 4.21 Å². The van der Waals surface area contributed by atoms with E-state index in [1.165, 1.54) is 0 Å². The summed E-state index contributed by atoms with van der Waals surface area (Å²) < 4.78 is 31.7. The zero-order chi connectivity index (χ0) is 14.9. The molecule has 0 aromatic carbocycles. The fourth-order valence-electron chi connectivity index (χ4n) is 2.40. The SMILES string of the molecule is Cl.NC1(c2noc(CNS(=O)(=O)c3cccs3)n2)CCCC1. The van der Waals surface area contributed by atoms with Crippen LogP contribution >= 0.6 is 23.7 Å². The van der Waals surface area contributed by atoms with Crippen LogP contribution in [0.3, 0.4) is 0 Å². The fraction of sp³-hybridized carbons (Fsp3) is 0.500. The topological polar surface area (TPSA) is 111 Å². The van der Waals surface area contributed by atoms with Gasteiger partial charge in [0.25, 0.3) is 10.0 Å². The van der Waals surface area contributed by atoms with Gasteiger partial charge in [0.15, 0.2) is 5.82 Å². The number of nitrogens with zero attached hydrogens (tertiary/aromatic N) is 2. The lowest BCUT2D eigenvalue weighted by molar-refractivity contribution is 0.347. The van der Waals surface area contributed by atoms with Crippen molar-refractivity contribution < 1.29 is 12.9 Å². The van der Waals surface area contributed by atoms with Gasteiger partial charge in [0.2, 0.25) is 5.89 Å². The second-order valence-corrected chi connectivity index (χ2v) is 8.07. The van der Waals surface area contributed by atoms with Gasteiger partial charge in [-0.05, 0) is 24.3 Å². The number of sulfonamides is 1. The third-order valence-electron chi connectivity index (χ3n) is 3.58. The predicted octanol–water partition coefficient (Wildman–Crippen LogP) is 1.76. The lowest BCUT2D eigenvalue weighted by Gasteiger charge is -2.17. The molecule has 3 N–H and O–H groups in total. The van der Waals surface area contributed by atoms with Crippen LogP contribution in [-0.2, 0) is 22.1 Å². The summed E-state index contributed by atoms with van der Waals surface area (Å²) >= 11 is 1.15. The van der Waals surface area contributed by atoms with Gasteiger partial charge in [-0.15, -0.1) is 23.7 Å². The maximum Gasteiger partial charge on any atom is 0.250 e. The Bertz CT molecular complexity index is 709. The predicted molar refractivity (Wildman–Crippen MR) is 84.2 cm³/mol. The van der Waals surface area contributed by atoms with Crippen molar-refractivity contribution in [3.8, 4) is 0 Å². The normalized spacial score (nSPS) is 17.3. The van der Waals surface area contributed by atoms with E-state index in [1.807, 2.05) is 0 Å². The minimum Gasteiger partial charge on any atom is -0.338 e. The lowest BCUT2D eigenvalue weighted by atomic mass is 9.99. The molecular weight excluding hydrogens is 348 g/mol. The number of rotatable bonds is 5. The summed E-state index contributed by atoms with van der Waals surface area (Å²) in [6.45, 7) is -0.0384. The van der Waals surface area contributed by atoms with Gasteiger partial charge >= 0.3 is 0 Å². The minimum absolute atomic E-state index is 0. The van der Waals surface area contributed by atoms with Crippen molar-refractivity contribution in [2.45, 2.75) is 42.0 Å². The molecule has 2 aromatic heterocycles. The number of thiophene rings is 1. The number of aromatic nitrogens is 2. The van der Waals surface area contributed by atoms with Crippen molar-refractivity contribution >= 4 is 33.8 Å². The van der Waals surface area contributed by atoms with Crippen LogP contribution in [0, 0.1) is 0 Å². The van der Waals surface area contributed by atoms with Crippen molar-refractivity contribution in [1.82, 2.24) is 14.9 Å². The summed E-state index contributed by atoms with van der Waals surface area (Å²) in [6, 6.07) is 3.22. The highest BCUT2D eigenvalue weighted by molar-refractivity contribution is 7.91. The first kappa shape index (κ1) is 17.4. The highest BCUT2D eigenvalue weighted by atomic mass is 35.5. The van der Waals surface area contributed by atoms with Gasteiger partial charge in [-0.2, -0.15) is 4.98 Å². The van der Waals surface area contributed by atoms with E-state index < -0.39 is 15.6 Å². The molecule has 22 heavy (non-hydrogen) atoms. The first-order valence-corrected chi connectivity index (χ1v) is 9.01. The fourth-order valence-corrected chi connectivity index (χ4v) is 4.41. The van der Waals surface area contributed by atoms with Crippen LogP contribution in [0.4, 0.5) is 0 Å². The summed E-state index contributed by atoms with van der Waals surface area (Å²) in [7, 11) is -3.53. The maximum absolute atomic E-state index is 12.0. The van der Waals surface area contributed by atoms with Gasteiger partial charge in [0.05, 0.1) is 12.1 Å². The molecule has 1 aliphatic rings. The van der Waals surface area contributed by atoms with Gasteiger partial charge in [-0.3, -0.25) is 0 Å². The van der Waals surface area contributed by atoms with Gasteiger partial charge in [0, 0.05) is 0 Å². The molecule has 0 amide bonds. The van der Waals surface area contributed by atoms with E-state index in [9.17, 15) is 8.42 Å². The molecule has 0 bridgehead atoms. The van der Waals surface area contributed by atoms with Gasteiger partial charge < -0.3 is 10.3 Å². The Balaban J connectivity index is 0.00000176. The molecule has 1 aliphatic carbocycles. The van der Waals surface area contributed by atoms with E-state index >= 15 is 0 Å². The zero-order valence-corrected chi connectivity index (χ0v) is 14.1. The summed E-state index contributed by atoms with van der Waals surface area (Å²) in [4.78, 5) is 4.22. The smallest absolute Gasteiger partial charge is 0.250 e. The van der Waals surface area contributed by atoms with E-state index in [4.69, 9.17) is 10.3 Å². The molecule has 122 valence electrons.